The molecular formula is C21H29Br2NO4S. The fourth-order valence-electron chi connectivity index (χ4n) is 3.92. The molecule has 1 heterocycles. The van der Waals surface area contributed by atoms with E-state index >= 15 is 0 Å². The average Bonchev–Trinajstić information content (AvgIpc) is 3.13. The van der Waals surface area contributed by atoms with Crippen LogP contribution < -0.4 is 5.73 Å². The number of thiophene rings is 1. The number of halogens is 2. The van der Waals surface area contributed by atoms with Crippen LogP contribution in [0.5, 0.6) is 0 Å². The van der Waals surface area contributed by atoms with Gasteiger partial charge >= 0.3 is 0 Å². The van der Waals surface area contributed by atoms with Gasteiger partial charge in [-0.05, 0) is 81.3 Å². The number of unbranched alkanes of at least 4 members (excludes halogenated alkanes) is 2. The zero-order valence-electron chi connectivity index (χ0n) is 16.4. The minimum Gasteiger partial charge on any atom is -0.393 e. The second kappa shape index (κ2) is 12.3. The third-order valence-corrected chi connectivity index (χ3v) is 8.94. The Kier molecular flexibility index (Phi) is 10.5. The Morgan fingerprint density at radius 1 is 1.14 bits per heavy atom. The van der Waals surface area contributed by atoms with Gasteiger partial charge in [0.2, 0.25) is 5.91 Å². The third-order valence-electron chi connectivity index (χ3n) is 5.47. The van der Waals surface area contributed by atoms with E-state index in [1.807, 2.05) is 12.2 Å². The number of amides is 1. The minimum atomic E-state index is -0.771. The lowest BCUT2D eigenvalue weighted by atomic mass is 9.85. The van der Waals surface area contributed by atoms with Crippen LogP contribution in [0.15, 0.2) is 25.8 Å². The summed E-state index contributed by atoms with van der Waals surface area (Å²) in [5.74, 6) is -1.00. The van der Waals surface area contributed by atoms with E-state index in [4.69, 9.17) is 5.73 Å². The zero-order valence-corrected chi connectivity index (χ0v) is 20.3. The Hall–Kier alpha value is -0.540. The number of aliphatic hydroxyl groups excluding tert-OH is 2. The lowest BCUT2D eigenvalue weighted by Crippen LogP contribution is -2.29. The molecule has 0 spiro atoms. The van der Waals surface area contributed by atoms with Crippen LogP contribution >= 0.6 is 43.2 Å². The number of rotatable bonds is 12. The van der Waals surface area contributed by atoms with Gasteiger partial charge in [0.25, 0.3) is 0 Å². The molecule has 2 rings (SSSR count). The van der Waals surface area contributed by atoms with Crippen molar-refractivity contribution in [1.29, 1.82) is 0 Å². The quantitative estimate of drug-likeness (QED) is 0.263. The first-order valence-electron chi connectivity index (χ1n) is 10.0. The molecule has 1 aromatic rings. The number of nitrogens with two attached hydrogens (primary N) is 1. The van der Waals surface area contributed by atoms with Crippen LogP contribution in [0.1, 0.15) is 56.9 Å². The summed E-state index contributed by atoms with van der Waals surface area (Å²) in [6, 6.07) is 0. The largest absolute Gasteiger partial charge is 0.393 e. The number of Topliss-reactive ketones (excluding diaryl/α,β-unsaturated/α-hetero) is 1. The number of carbonyl (C=O) groups is 2. The fourth-order valence-corrected chi connectivity index (χ4v) is 5.91. The Morgan fingerprint density at radius 3 is 2.55 bits per heavy atom. The van der Waals surface area contributed by atoms with E-state index in [2.05, 4.69) is 37.2 Å². The van der Waals surface area contributed by atoms with Crippen LogP contribution in [-0.4, -0.2) is 34.1 Å². The number of allylic oxidation sites excluding steroid dienone is 2. The van der Waals surface area contributed by atoms with Crippen molar-refractivity contribution < 1.29 is 19.8 Å². The SMILES string of the molecule is NC(=O)CCCC=CC[C@H]1[C@H](C(=O)CCCCc2csc(Br)c2Br)[C@H](O)C[C@@H]1O. The first-order chi connectivity index (χ1) is 13.8. The van der Waals surface area contributed by atoms with Gasteiger partial charge in [0.15, 0.2) is 0 Å². The molecular weight excluding hydrogens is 522 g/mol. The second-order valence-corrected chi connectivity index (χ2v) is 10.6. The van der Waals surface area contributed by atoms with E-state index in [-0.39, 0.29) is 24.0 Å². The smallest absolute Gasteiger partial charge is 0.217 e. The van der Waals surface area contributed by atoms with Crippen LogP contribution in [0, 0.1) is 11.8 Å². The maximum Gasteiger partial charge on any atom is 0.217 e. The normalized spacial score (nSPS) is 24.4. The lowest BCUT2D eigenvalue weighted by molar-refractivity contribution is -0.127. The Labute approximate surface area is 193 Å². The molecule has 1 aliphatic carbocycles. The monoisotopic (exact) mass is 549 g/mol. The molecule has 1 amide bonds. The highest BCUT2D eigenvalue weighted by molar-refractivity contribution is 9.13. The van der Waals surface area contributed by atoms with Gasteiger partial charge in [0.05, 0.1) is 16.0 Å². The van der Waals surface area contributed by atoms with Crippen molar-refractivity contribution in [3.05, 3.63) is 31.4 Å². The molecule has 29 heavy (non-hydrogen) atoms. The molecule has 0 aliphatic heterocycles. The van der Waals surface area contributed by atoms with E-state index in [0.717, 1.165) is 33.9 Å². The summed E-state index contributed by atoms with van der Waals surface area (Å²) in [5.41, 5.74) is 6.36. The first kappa shape index (κ1) is 24.7. The van der Waals surface area contributed by atoms with Crippen LogP contribution in [0.2, 0.25) is 0 Å². The van der Waals surface area contributed by atoms with Crippen molar-refractivity contribution in [3.63, 3.8) is 0 Å². The third kappa shape index (κ3) is 7.58. The minimum absolute atomic E-state index is 0.0479. The summed E-state index contributed by atoms with van der Waals surface area (Å²) in [6.45, 7) is 0. The molecule has 8 heteroatoms. The highest BCUT2D eigenvalue weighted by Gasteiger charge is 2.44. The molecule has 1 aliphatic rings. The van der Waals surface area contributed by atoms with Crippen molar-refractivity contribution in [3.8, 4) is 0 Å². The Morgan fingerprint density at radius 2 is 1.90 bits per heavy atom. The van der Waals surface area contributed by atoms with Gasteiger partial charge in [0, 0.05) is 35.6 Å². The number of primary amides is 1. The fraction of sp³-hybridized carbons (Fsp3) is 0.619. The average molecular weight is 551 g/mol. The number of ketones is 1. The van der Waals surface area contributed by atoms with Crippen molar-refractivity contribution in [2.24, 2.45) is 17.6 Å². The van der Waals surface area contributed by atoms with Crippen molar-refractivity contribution in [2.45, 2.75) is 70.0 Å². The van der Waals surface area contributed by atoms with E-state index in [1.165, 1.54) is 5.56 Å². The van der Waals surface area contributed by atoms with Crippen LogP contribution in [0.3, 0.4) is 0 Å². The first-order valence-corrected chi connectivity index (χ1v) is 12.5. The molecule has 4 N–H and O–H groups in total. The molecule has 1 saturated carbocycles. The second-order valence-electron chi connectivity index (χ2n) is 7.65. The van der Waals surface area contributed by atoms with Crippen LogP contribution in [-0.2, 0) is 16.0 Å². The molecule has 0 saturated heterocycles. The molecule has 5 nitrogen and oxygen atoms in total. The summed E-state index contributed by atoms with van der Waals surface area (Å²) in [7, 11) is 0. The summed E-state index contributed by atoms with van der Waals surface area (Å²) in [4.78, 5) is 23.5. The van der Waals surface area contributed by atoms with Gasteiger partial charge in [-0.3, -0.25) is 9.59 Å². The number of aryl methyl sites for hydroxylation is 1. The molecule has 0 bridgehead atoms. The van der Waals surface area contributed by atoms with Crippen molar-refractivity contribution in [2.75, 3.05) is 0 Å². The van der Waals surface area contributed by atoms with Gasteiger partial charge < -0.3 is 15.9 Å². The van der Waals surface area contributed by atoms with Crippen molar-refractivity contribution in [1.82, 2.24) is 0 Å². The predicted octanol–water partition coefficient (Wildman–Crippen LogP) is 4.51. The summed E-state index contributed by atoms with van der Waals surface area (Å²) in [5, 5.41) is 22.7. The zero-order chi connectivity index (χ0) is 21.4. The maximum absolute atomic E-state index is 12.7. The summed E-state index contributed by atoms with van der Waals surface area (Å²) < 4.78 is 2.17. The van der Waals surface area contributed by atoms with Crippen LogP contribution in [0.4, 0.5) is 0 Å². The number of hydrogen-bond donors (Lipinski definition) is 3. The van der Waals surface area contributed by atoms with Crippen LogP contribution in [0.25, 0.3) is 0 Å². The highest BCUT2D eigenvalue weighted by Crippen LogP contribution is 2.37. The highest BCUT2D eigenvalue weighted by atomic mass is 79.9. The van der Waals surface area contributed by atoms with Gasteiger partial charge in [-0.1, -0.05) is 12.2 Å². The van der Waals surface area contributed by atoms with Gasteiger partial charge in [-0.15, -0.1) is 11.3 Å². The Bertz CT molecular complexity index is 722. The van der Waals surface area contributed by atoms with E-state index in [9.17, 15) is 19.8 Å². The standard InChI is InChI=1S/C21H29Br2NO4S/c22-20-13(12-29-21(20)23)7-5-6-9-15(25)19-14(16(26)11-17(19)27)8-3-1-2-4-10-18(24)28/h1,3,12,14,16-17,19,26-27H,2,4-11H2,(H2,24,28)/t14-,16+,17-,19-/m1/s1. The van der Waals surface area contributed by atoms with E-state index < -0.39 is 18.1 Å². The number of hydrogen-bond acceptors (Lipinski definition) is 5. The molecule has 1 aromatic heterocycles. The molecule has 4 atom stereocenters. The number of aliphatic hydroxyl groups is 2. The lowest BCUT2D eigenvalue weighted by Gasteiger charge is -2.21. The maximum atomic E-state index is 12.7. The Balaban J connectivity index is 1.78. The molecule has 0 aromatic carbocycles. The molecule has 1 fully saturated rings. The molecule has 162 valence electrons. The van der Waals surface area contributed by atoms with Crippen molar-refractivity contribution >= 4 is 54.9 Å². The van der Waals surface area contributed by atoms with E-state index in [1.54, 1.807) is 11.3 Å². The predicted molar refractivity (Wildman–Crippen MR) is 123 cm³/mol. The summed E-state index contributed by atoms with van der Waals surface area (Å²) in [6.07, 6.45) is 8.08. The van der Waals surface area contributed by atoms with Gasteiger partial charge in [-0.25, -0.2) is 0 Å². The molecule has 0 unspecified atom stereocenters. The van der Waals surface area contributed by atoms with Gasteiger partial charge in [-0.2, -0.15) is 0 Å². The van der Waals surface area contributed by atoms with E-state index in [0.29, 0.717) is 25.7 Å². The summed E-state index contributed by atoms with van der Waals surface area (Å²) >= 11 is 8.70. The topological polar surface area (TPSA) is 101 Å². The van der Waals surface area contributed by atoms with Gasteiger partial charge in [0.1, 0.15) is 5.78 Å². The number of carbonyl (C=O) groups excluding carboxylic acids is 2. The molecule has 0 radical (unpaired) electrons.